The second-order valence-corrected chi connectivity index (χ2v) is 5.41. The summed E-state index contributed by atoms with van der Waals surface area (Å²) in [6, 6.07) is 3.21. The SMILES string of the molecule is CN1CC(C)(C)N(Cc2ccco2)C(CO)C1=O. The molecule has 0 saturated carbocycles. The first-order valence-corrected chi connectivity index (χ1v) is 6.10. The van der Waals surface area contributed by atoms with Crippen molar-refractivity contribution >= 4 is 5.91 Å². The number of hydrogen-bond donors (Lipinski definition) is 1. The molecule has 5 heteroatoms. The number of carbonyl (C=O) groups is 1. The zero-order valence-corrected chi connectivity index (χ0v) is 11.1. The number of hydrogen-bond acceptors (Lipinski definition) is 4. The molecule has 1 aliphatic rings. The molecule has 5 nitrogen and oxygen atoms in total. The molecule has 100 valence electrons. The molecule has 1 amide bonds. The predicted octanol–water partition coefficient (Wildman–Crippen LogP) is 0.693. The Morgan fingerprint density at radius 1 is 1.56 bits per heavy atom. The summed E-state index contributed by atoms with van der Waals surface area (Å²) in [6.07, 6.45) is 1.62. The molecular weight excluding hydrogens is 232 g/mol. The molecule has 1 aromatic rings. The van der Waals surface area contributed by atoms with Gasteiger partial charge in [0.1, 0.15) is 11.8 Å². The van der Waals surface area contributed by atoms with Crippen molar-refractivity contribution in [1.29, 1.82) is 0 Å². The Kier molecular flexibility index (Phi) is 3.45. The summed E-state index contributed by atoms with van der Waals surface area (Å²) in [4.78, 5) is 15.8. The molecule has 1 saturated heterocycles. The highest BCUT2D eigenvalue weighted by Crippen LogP contribution is 2.27. The van der Waals surface area contributed by atoms with E-state index in [1.54, 1.807) is 18.2 Å². The average Bonchev–Trinajstić information content (AvgIpc) is 2.79. The molecule has 0 bridgehead atoms. The van der Waals surface area contributed by atoms with E-state index < -0.39 is 6.04 Å². The van der Waals surface area contributed by atoms with Crippen LogP contribution in [0.25, 0.3) is 0 Å². The normalized spacial score (nSPS) is 24.6. The number of aliphatic hydroxyl groups is 1. The van der Waals surface area contributed by atoms with E-state index in [0.717, 1.165) is 5.76 Å². The molecule has 1 aliphatic heterocycles. The molecule has 2 rings (SSSR count). The van der Waals surface area contributed by atoms with E-state index in [9.17, 15) is 9.90 Å². The number of piperazine rings is 1. The predicted molar refractivity (Wildman–Crippen MR) is 66.8 cm³/mol. The smallest absolute Gasteiger partial charge is 0.242 e. The molecule has 1 N–H and O–H groups in total. The number of furan rings is 1. The van der Waals surface area contributed by atoms with E-state index in [-0.39, 0.29) is 18.1 Å². The summed E-state index contributed by atoms with van der Waals surface area (Å²) in [5.41, 5.74) is -0.192. The zero-order valence-electron chi connectivity index (χ0n) is 11.1. The summed E-state index contributed by atoms with van der Waals surface area (Å²) in [6.45, 7) is 5.14. The fraction of sp³-hybridized carbons (Fsp3) is 0.615. The van der Waals surface area contributed by atoms with Crippen molar-refractivity contribution in [3.63, 3.8) is 0 Å². The van der Waals surface area contributed by atoms with Crippen LogP contribution in [0, 0.1) is 0 Å². The topological polar surface area (TPSA) is 56.9 Å². The molecule has 1 aromatic heterocycles. The van der Waals surface area contributed by atoms with E-state index in [1.165, 1.54) is 0 Å². The largest absolute Gasteiger partial charge is 0.468 e. The van der Waals surface area contributed by atoms with Gasteiger partial charge in [0, 0.05) is 19.1 Å². The van der Waals surface area contributed by atoms with Gasteiger partial charge in [-0.3, -0.25) is 9.69 Å². The maximum Gasteiger partial charge on any atom is 0.242 e. The Bertz CT molecular complexity index is 414. The number of amides is 1. The molecule has 0 radical (unpaired) electrons. The van der Waals surface area contributed by atoms with Crippen LogP contribution in [0.5, 0.6) is 0 Å². The van der Waals surface area contributed by atoms with E-state index in [1.807, 2.05) is 17.0 Å². The molecule has 18 heavy (non-hydrogen) atoms. The fourth-order valence-corrected chi connectivity index (χ4v) is 2.63. The second-order valence-electron chi connectivity index (χ2n) is 5.41. The summed E-state index contributed by atoms with van der Waals surface area (Å²) >= 11 is 0. The maximum atomic E-state index is 12.1. The maximum absolute atomic E-state index is 12.1. The standard InChI is InChI=1S/C13H20N2O3/c1-13(2)9-14(3)12(17)11(8-16)15(13)7-10-5-4-6-18-10/h4-6,11,16H,7-9H2,1-3H3. The molecule has 0 aliphatic carbocycles. The van der Waals surface area contributed by atoms with Gasteiger partial charge in [-0.25, -0.2) is 0 Å². The zero-order chi connectivity index (χ0) is 13.3. The average molecular weight is 252 g/mol. The van der Waals surface area contributed by atoms with Crippen LogP contribution in [0.2, 0.25) is 0 Å². The first-order valence-electron chi connectivity index (χ1n) is 6.10. The quantitative estimate of drug-likeness (QED) is 0.860. The van der Waals surface area contributed by atoms with Gasteiger partial charge < -0.3 is 14.4 Å². The number of aliphatic hydroxyl groups excluding tert-OH is 1. The minimum Gasteiger partial charge on any atom is -0.468 e. The molecular formula is C13H20N2O3. The minimum absolute atomic E-state index is 0.0385. The summed E-state index contributed by atoms with van der Waals surface area (Å²) in [7, 11) is 1.77. The lowest BCUT2D eigenvalue weighted by Gasteiger charge is -2.49. The third kappa shape index (κ3) is 2.28. The van der Waals surface area contributed by atoms with Crippen molar-refractivity contribution in [2.45, 2.75) is 32.0 Å². The van der Waals surface area contributed by atoms with Crippen LogP contribution in [0.1, 0.15) is 19.6 Å². The van der Waals surface area contributed by atoms with Crippen LogP contribution >= 0.6 is 0 Å². The van der Waals surface area contributed by atoms with Crippen molar-refractivity contribution in [2.75, 3.05) is 20.2 Å². The van der Waals surface area contributed by atoms with Gasteiger partial charge in [-0.05, 0) is 26.0 Å². The summed E-state index contributed by atoms with van der Waals surface area (Å²) in [5.74, 6) is 0.766. The van der Waals surface area contributed by atoms with Crippen LogP contribution < -0.4 is 0 Å². The Labute approximate surface area is 107 Å². The van der Waals surface area contributed by atoms with E-state index in [0.29, 0.717) is 13.1 Å². The lowest BCUT2D eigenvalue weighted by atomic mass is 9.94. The highest BCUT2D eigenvalue weighted by atomic mass is 16.3. The number of nitrogens with zero attached hydrogens (tertiary/aromatic N) is 2. The van der Waals surface area contributed by atoms with E-state index in [2.05, 4.69) is 13.8 Å². The Morgan fingerprint density at radius 2 is 2.28 bits per heavy atom. The van der Waals surface area contributed by atoms with Gasteiger partial charge in [-0.1, -0.05) is 0 Å². The van der Waals surface area contributed by atoms with Gasteiger partial charge in [0.2, 0.25) is 5.91 Å². The van der Waals surface area contributed by atoms with E-state index in [4.69, 9.17) is 4.42 Å². The summed E-state index contributed by atoms with van der Waals surface area (Å²) < 4.78 is 5.34. The number of likely N-dealkylation sites (N-methyl/N-ethyl adjacent to an activating group) is 1. The van der Waals surface area contributed by atoms with Crippen molar-refractivity contribution < 1.29 is 14.3 Å². The van der Waals surface area contributed by atoms with Gasteiger partial charge in [-0.15, -0.1) is 0 Å². The Hall–Kier alpha value is -1.33. The molecule has 0 aromatic carbocycles. The highest BCUT2D eigenvalue weighted by molar-refractivity contribution is 5.83. The van der Waals surface area contributed by atoms with Gasteiger partial charge in [-0.2, -0.15) is 0 Å². The first kappa shape index (κ1) is 13.1. The molecule has 0 spiro atoms. The van der Waals surface area contributed by atoms with Gasteiger partial charge in [0.15, 0.2) is 0 Å². The van der Waals surface area contributed by atoms with Crippen molar-refractivity contribution in [1.82, 2.24) is 9.80 Å². The van der Waals surface area contributed by atoms with Crippen LogP contribution in [0.4, 0.5) is 0 Å². The number of rotatable bonds is 3. The van der Waals surface area contributed by atoms with Gasteiger partial charge >= 0.3 is 0 Å². The lowest BCUT2D eigenvalue weighted by molar-refractivity contribution is -0.151. The van der Waals surface area contributed by atoms with E-state index >= 15 is 0 Å². The van der Waals surface area contributed by atoms with Crippen LogP contribution in [0.3, 0.4) is 0 Å². The fourth-order valence-electron chi connectivity index (χ4n) is 2.63. The molecule has 1 unspecified atom stereocenters. The number of carbonyl (C=O) groups excluding carboxylic acids is 1. The van der Waals surface area contributed by atoms with Crippen molar-refractivity contribution in [3.05, 3.63) is 24.2 Å². The Balaban J connectivity index is 2.25. The van der Waals surface area contributed by atoms with Crippen LogP contribution in [-0.2, 0) is 11.3 Å². The lowest BCUT2D eigenvalue weighted by Crippen LogP contribution is -2.66. The van der Waals surface area contributed by atoms with Crippen LogP contribution in [0.15, 0.2) is 22.8 Å². The molecule has 2 heterocycles. The Morgan fingerprint density at radius 3 is 2.83 bits per heavy atom. The third-order valence-electron chi connectivity index (χ3n) is 3.52. The molecule has 1 fully saturated rings. The first-order chi connectivity index (χ1) is 8.45. The molecule has 1 atom stereocenters. The highest BCUT2D eigenvalue weighted by Gasteiger charge is 2.43. The van der Waals surface area contributed by atoms with Gasteiger partial charge in [0.25, 0.3) is 0 Å². The summed E-state index contributed by atoms with van der Waals surface area (Å²) in [5, 5.41) is 9.49. The second kappa shape index (κ2) is 4.74. The van der Waals surface area contributed by atoms with Gasteiger partial charge in [0.05, 0.1) is 19.4 Å². The van der Waals surface area contributed by atoms with Crippen LogP contribution in [-0.4, -0.2) is 52.6 Å². The van der Waals surface area contributed by atoms with Crippen molar-refractivity contribution in [3.8, 4) is 0 Å². The minimum atomic E-state index is -0.496. The third-order valence-corrected chi connectivity index (χ3v) is 3.52. The van der Waals surface area contributed by atoms with Crippen molar-refractivity contribution in [2.24, 2.45) is 0 Å². The monoisotopic (exact) mass is 252 g/mol.